The predicted molar refractivity (Wildman–Crippen MR) is 152 cm³/mol. The first-order valence-electron chi connectivity index (χ1n) is 13.0. The number of hydrogen-bond donors (Lipinski definition) is 3. The van der Waals surface area contributed by atoms with Gasteiger partial charge in [-0.2, -0.15) is 0 Å². The van der Waals surface area contributed by atoms with Gasteiger partial charge < -0.3 is 30.2 Å². The molecule has 1 amide bonds. The zero-order valence-corrected chi connectivity index (χ0v) is 22.8. The summed E-state index contributed by atoms with van der Waals surface area (Å²) in [5.74, 6) is 2.36. The molecule has 4 rings (SSSR count). The summed E-state index contributed by atoms with van der Waals surface area (Å²) < 4.78 is 16.9. The van der Waals surface area contributed by atoms with E-state index in [1.165, 1.54) is 37.2 Å². The van der Waals surface area contributed by atoms with Gasteiger partial charge in [-0.1, -0.05) is 12.5 Å². The van der Waals surface area contributed by atoms with Gasteiger partial charge in [-0.05, 0) is 69.0 Å². The zero-order chi connectivity index (χ0) is 25.7. The molecule has 1 aromatic carbocycles. The molecule has 200 valence electrons. The Labute approximate surface area is 228 Å². The molecule has 10 heteroatoms. The van der Waals surface area contributed by atoms with Crippen LogP contribution in [0.4, 0.5) is 5.69 Å². The van der Waals surface area contributed by atoms with Gasteiger partial charge in [-0.25, -0.2) is 0 Å². The van der Waals surface area contributed by atoms with Crippen LogP contribution in [-0.2, 0) is 11.3 Å². The Hall–Kier alpha value is -2.82. The van der Waals surface area contributed by atoms with Gasteiger partial charge in [0, 0.05) is 47.9 Å². The number of carbonyl (C=O) groups is 1. The van der Waals surface area contributed by atoms with Gasteiger partial charge in [0.2, 0.25) is 5.91 Å². The number of nitrogens with one attached hydrogen (secondary N) is 3. The van der Waals surface area contributed by atoms with E-state index in [0.717, 1.165) is 30.2 Å². The fraction of sp³-hybridized carbons (Fsp3) is 0.481. The summed E-state index contributed by atoms with van der Waals surface area (Å²) in [5.41, 5.74) is 0.825. The molecule has 0 spiro atoms. The number of benzene rings is 1. The van der Waals surface area contributed by atoms with E-state index in [9.17, 15) is 4.79 Å². The van der Waals surface area contributed by atoms with Gasteiger partial charge in [0.25, 0.3) is 0 Å². The third-order valence-electron chi connectivity index (χ3n) is 6.04. The maximum absolute atomic E-state index is 12.0. The smallest absolute Gasteiger partial charge is 0.223 e. The average molecular weight is 545 g/mol. The highest BCUT2D eigenvalue weighted by atomic mass is 32.1. The first-order chi connectivity index (χ1) is 18.2. The van der Waals surface area contributed by atoms with E-state index in [1.54, 1.807) is 17.5 Å². The maximum atomic E-state index is 12.0. The molecule has 0 aliphatic carbocycles. The molecule has 8 nitrogen and oxygen atoms in total. The van der Waals surface area contributed by atoms with E-state index in [4.69, 9.17) is 26.4 Å². The maximum Gasteiger partial charge on any atom is 0.223 e. The molecule has 2 aliphatic heterocycles. The fourth-order valence-corrected chi connectivity index (χ4v) is 5.22. The zero-order valence-electron chi connectivity index (χ0n) is 21.1. The molecular weight excluding hydrogens is 508 g/mol. The number of likely N-dealkylation sites (tertiary alicyclic amines) is 1. The van der Waals surface area contributed by atoms with Crippen molar-refractivity contribution in [3.8, 4) is 17.2 Å². The SMILES string of the molecule is O=C(CCCNC(=S)Nc1ccc2c(c1)OCCO2)N/C=C\CCOc1csc(CN2CCCCC2)c1. The minimum Gasteiger partial charge on any atom is -0.492 e. The molecule has 0 unspecified atom stereocenters. The summed E-state index contributed by atoms with van der Waals surface area (Å²) in [4.78, 5) is 15.9. The van der Waals surface area contributed by atoms with E-state index in [1.807, 2.05) is 24.3 Å². The largest absolute Gasteiger partial charge is 0.492 e. The molecule has 0 bridgehead atoms. The highest BCUT2D eigenvalue weighted by Crippen LogP contribution is 2.32. The Balaban J connectivity index is 1.02. The lowest BCUT2D eigenvalue weighted by Crippen LogP contribution is -2.30. The summed E-state index contributed by atoms with van der Waals surface area (Å²) in [5, 5.41) is 11.6. The molecule has 2 aliphatic rings. The Kier molecular flexibility index (Phi) is 10.9. The minimum atomic E-state index is -0.0233. The third-order valence-corrected chi connectivity index (χ3v) is 7.19. The van der Waals surface area contributed by atoms with Crippen molar-refractivity contribution in [1.29, 1.82) is 0 Å². The molecule has 3 heterocycles. The first-order valence-corrected chi connectivity index (χ1v) is 14.3. The van der Waals surface area contributed by atoms with Crippen molar-refractivity contribution in [3.05, 3.63) is 46.8 Å². The fourth-order valence-electron chi connectivity index (χ4n) is 4.16. The lowest BCUT2D eigenvalue weighted by atomic mass is 10.1. The third kappa shape index (κ3) is 9.53. The van der Waals surface area contributed by atoms with Gasteiger partial charge in [-0.15, -0.1) is 11.3 Å². The molecule has 3 N–H and O–H groups in total. The summed E-state index contributed by atoms with van der Waals surface area (Å²) in [7, 11) is 0. The van der Waals surface area contributed by atoms with Crippen LogP contribution < -0.4 is 30.2 Å². The number of hydrogen-bond acceptors (Lipinski definition) is 7. The van der Waals surface area contributed by atoms with E-state index < -0.39 is 0 Å². The number of anilines is 1. The number of ether oxygens (including phenoxy) is 3. The normalized spacial score (nSPS) is 15.4. The van der Waals surface area contributed by atoms with Crippen molar-refractivity contribution in [1.82, 2.24) is 15.5 Å². The van der Waals surface area contributed by atoms with Crippen LogP contribution in [0.5, 0.6) is 17.2 Å². The van der Waals surface area contributed by atoms with Gasteiger partial charge >= 0.3 is 0 Å². The second kappa shape index (κ2) is 14.8. The number of fused-ring (bicyclic) bond motifs is 1. The van der Waals surface area contributed by atoms with Crippen molar-refractivity contribution >= 4 is 40.3 Å². The van der Waals surface area contributed by atoms with Crippen LogP contribution in [0.25, 0.3) is 0 Å². The van der Waals surface area contributed by atoms with Crippen molar-refractivity contribution < 1.29 is 19.0 Å². The number of rotatable bonds is 12. The molecule has 1 fully saturated rings. The Morgan fingerprint density at radius 3 is 2.84 bits per heavy atom. The van der Waals surface area contributed by atoms with Crippen LogP contribution in [0.15, 0.2) is 41.9 Å². The molecule has 37 heavy (non-hydrogen) atoms. The molecular formula is C27H36N4O4S2. The summed E-state index contributed by atoms with van der Waals surface area (Å²) in [6, 6.07) is 7.76. The molecule has 0 radical (unpaired) electrons. The Morgan fingerprint density at radius 1 is 1.14 bits per heavy atom. The second-order valence-corrected chi connectivity index (χ2v) is 10.4. The number of piperidine rings is 1. The monoisotopic (exact) mass is 544 g/mol. The van der Waals surface area contributed by atoms with Crippen LogP contribution >= 0.6 is 23.6 Å². The standard InChI is InChI=1S/C27H36N4O4S2/c32-26(7-6-11-29-27(36)30-21-8-9-24-25(17-21)35-16-15-34-24)28-10-2-5-14-33-22-18-23(37-20-22)19-31-12-3-1-4-13-31/h2,8-10,17-18,20H,1,3-7,11-16,19H2,(H,28,32)(H2,29,30,36)/b10-2-. The van der Waals surface area contributed by atoms with E-state index in [2.05, 4.69) is 32.3 Å². The summed E-state index contributed by atoms with van der Waals surface area (Å²) in [6.45, 7) is 5.72. The number of nitrogens with zero attached hydrogens (tertiary/aromatic N) is 1. The van der Waals surface area contributed by atoms with Crippen LogP contribution in [0.2, 0.25) is 0 Å². The Morgan fingerprint density at radius 2 is 1.97 bits per heavy atom. The van der Waals surface area contributed by atoms with Crippen LogP contribution in [0.1, 0.15) is 43.4 Å². The highest BCUT2D eigenvalue weighted by molar-refractivity contribution is 7.80. The lowest BCUT2D eigenvalue weighted by Gasteiger charge is -2.25. The second-order valence-electron chi connectivity index (χ2n) is 9.04. The van der Waals surface area contributed by atoms with Crippen molar-refractivity contribution in [2.24, 2.45) is 0 Å². The minimum absolute atomic E-state index is 0.0233. The predicted octanol–water partition coefficient (Wildman–Crippen LogP) is 4.67. The van der Waals surface area contributed by atoms with Gasteiger partial charge in [-0.3, -0.25) is 9.69 Å². The average Bonchev–Trinajstić information content (AvgIpc) is 3.36. The van der Waals surface area contributed by atoms with Crippen molar-refractivity contribution in [3.63, 3.8) is 0 Å². The number of amides is 1. The van der Waals surface area contributed by atoms with Gasteiger partial charge in [0.1, 0.15) is 19.0 Å². The highest BCUT2D eigenvalue weighted by Gasteiger charge is 2.13. The summed E-state index contributed by atoms with van der Waals surface area (Å²) >= 11 is 7.10. The topological polar surface area (TPSA) is 84.1 Å². The first kappa shape index (κ1) is 27.2. The van der Waals surface area contributed by atoms with Gasteiger partial charge in [0.15, 0.2) is 16.6 Å². The molecule has 0 saturated carbocycles. The van der Waals surface area contributed by atoms with Crippen LogP contribution in [0.3, 0.4) is 0 Å². The molecule has 1 aromatic heterocycles. The number of carbonyl (C=O) groups excluding carboxylic acids is 1. The molecule has 0 atom stereocenters. The molecule has 2 aromatic rings. The van der Waals surface area contributed by atoms with E-state index in [0.29, 0.717) is 50.1 Å². The Bertz CT molecular complexity index is 1050. The summed E-state index contributed by atoms with van der Waals surface area (Å²) in [6.07, 6.45) is 9.41. The number of thiophene rings is 1. The van der Waals surface area contributed by atoms with Crippen molar-refractivity contribution in [2.75, 3.05) is 44.8 Å². The van der Waals surface area contributed by atoms with Crippen LogP contribution in [0, 0.1) is 0 Å². The van der Waals surface area contributed by atoms with Crippen LogP contribution in [-0.4, -0.2) is 55.4 Å². The quantitative estimate of drug-likeness (QED) is 0.263. The molecule has 1 saturated heterocycles. The van der Waals surface area contributed by atoms with Crippen molar-refractivity contribution in [2.45, 2.75) is 45.1 Å². The number of thiocarbonyl (C=S) groups is 1. The van der Waals surface area contributed by atoms with Gasteiger partial charge in [0.05, 0.1) is 6.61 Å². The van der Waals surface area contributed by atoms with E-state index in [-0.39, 0.29) is 5.91 Å². The lowest BCUT2D eigenvalue weighted by molar-refractivity contribution is -0.120. The van der Waals surface area contributed by atoms with E-state index >= 15 is 0 Å².